The highest BCUT2D eigenvalue weighted by Gasteiger charge is 2.29. The summed E-state index contributed by atoms with van der Waals surface area (Å²) in [7, 11) is 1.54. The zero-order valence-corrected chi connectivity index (χ0v) is 10.9. The molecule has 0 aromatic heterocycles. The van der Waals surface area contributed by atoms with Crippen LogP contribution in [0.1, 0.15) is 28.4 Å². The van der Waals surface area contributed by atoms with E-state index in [0.29, 0.717) is 22.6 Å². The van der Waals surface area contributed by atoms with Crippen LogP contribution in [0.5, 0.6) is 11.5 Å². The fourth-order valence-electron chi connectivity index (χ4n) is 2.34. The van der Waals surface area contributed by atoms with Crippen molar-refractivity contribution in [3.05, 3.63) is 59.4 Å². The molecule has 3 rings (SSSR count). The maximum atomic E-state index is 13.8. The fourth-order valence-corrected chi connectivity index (χ4v) is 2.34. The minimum Gasteiger partial charge on any atom is -0.497 e. The van der Waals surface area contributed by atoms with Crippen LogP contribution in [0.2, 0.25) is 0 Å². The van der Waals surface area contributed by atoms with Crippen LogP contribution in [0.15, 0.2) is 42.5 Å². The average molecular weight is 272 g/mol. The second-order valence-electron chi connectivity index (χ2n) is 4.62. The first kappa shape index (κ1) is 12.7. The Morgan fingerprint density at radius 1 is 1.25 bits per heavy atom. The normalized spacial score (nSPS) is 17.3. The van der Waals surface area contributed by atoms with Crippen LogP contribution in [-0.2, 0) is 0 Å². The van der Waals surface area contributed by atoms with Gasteiger partial charge in [0.1, 0.15) is 23.4 Å². The Balaban J connectivity index is 1.99. The summed E-state index contributed by atoms with van der Waals surface area (Å²) in [5.74, 6) is 0.624. The summed E-state index contributed by atoms with van der Waals surface area (Å²) in [5, 5.41) is 0. The summed E-state index contributed by atoms with van der Waals surface area (Å²) in [6.07, 6.45) is -0.455. The smallest absolute Gasteiger partial charge is 0.170 e. The van der Waals surface area contributed by atoms with Gasteiger partial charge < -0.3 is 9.47 Å². The van der Waals surface area contributed by atoms with E-state index in [-0.39, 0.29) is 18.0 Å². The Morgan fingerprint density at radius 2 is 2.05 bits per heavy atom. The molecule has 20 heavy (non-hydrogen) atoms. The molecule has 0 bridgehead atoms. The highest BCUT2D eigenvalue weighted by Crippen LogP contribution is 2.37. The molecule has 0 spiro atoms. The lowest BCUT2D eigenvalue weighted by molar-refractivity contribution is 0.0845. The summed E-state index contributed by atoms with van der Waals surface area (Å²) in [5.41, 5.74) is 0.910. The van der Waals surface area contributed by atoms with Crippen molar-refractivity contribution in [1.82, 2.24) is 0 Å². The molecule has 102 valence electrons. The van der Waals surface area contributed by atoms with Crippen molar-refractivity contribution >= 4 is 5.78 Å². The average Bonchev–Trinajstić information content (AvgIpc) is 2.47. The van der Waals surface area contributed by atoms with Crippen LogP contribution >= 0.6 is 0 Å². The molecule has 2 aromatic rings. The van der Waals surface area contributed by atoms with Gasteiger partial charge in [-0.2, -0.15) is 0 Å². The number of hydrogen-bond donors (Lipinski definition) is 0. The first-order chi connectivity index (χ1) is 9.69. The van der Waals surface area contributed by atoms with Crippen molar-refractivity contribution in [2.45, 2.75) is 12.5 Å². The van der Waals surface area contributed by atoms with E-state index in [4.69, 9.17) is 9.47 Å². The third-order valence-corrected chi connectivity index (χ3v) is 3.38. The minimum atomic E-state index is -0.594. The van der Waals surface area contributed by atoms with Crippen LogP contribution in [-0.4, -0.2) is 12.9 Å². The predicted octanol–water partition coefficient (Wildman–Crippen LogP) is 3.54. The van der Waals surface area contributed by atoms with E-state index in [9.17, 15) is 9.18 Å². The van der Waals surface area contributed by atoms with Gasteiger partial charge in [-0.15, -0.1) is 0 Å². The zero-order valence-electron chi connectivity index (χ0n) is 10.9. The van der Waals surface area contributed by atoms with E-state index in [2.05, 4.69) is 0 Å². The van der Waals surface area contributed by atoms with Crippen molar-refractivity contribution < 1.29 is 18.7 Å². The number of rotatable bonds is 2. The highest BCUT2D eigenvalue weighted by atomic mass is 19.1. The van der Waals surface area contributed by atoms with E-state index in [0.717, 1.165) is 0 Å². The first-order valence-electron chi connectivity index (χ1n) is 6.31. The number of carbonyl (C=O) groups excluding carboxylic acids is 1. The molecule has 0 saturated carbocycles. The summed E-state index contributed by atoms with van der Waals surface area (Å²) < 4.78 is 24.7. The molecule has 0 fully saturated rings. The lowest BCUT2D eigenvalue weighted by atomic mass is 9.96. The summed E-state index contributed by atoms with van der Waals surface area (Å²) in [6, 6.07) is 11.4. The SMILES string of the molecule is COc1ccc2c(c1)OC(c1ccccc1F)CC2=O. The quantitative estimate of drug-likeness (QED) is 0.838. The van der Waals surface area contributed by atoms with Crippen LogP contribution in [0.25, 0.3) is 0 Å². The number of fused-ring (bicyclic) bond motifs is 1. The predicted molar refractivity (Wildman–Crippen MR) is 71.7 cm³/mol. The molecule has 0 radical (unpaired) electrons. The van der Waals surface area contributed by atoms with Gasteiger partial charge in [-0.25, -0.2) is 4.39 Å². The van der Waals surface area contributed by atoms with Gasteiger partial charge in [0.05, 0.1) is 19.1 Å². The molecule has 3 nitrogen and oxygen atoms in total. The number of carbonyl (C=O) groups is 1. The first-order valence-corrected chi connectivity index (χ1v) is 6.31. The summed E-state index contributed by atoms with van der Waals surface area (Å²) in [6.45, 7) is 0. The molecular weight excluding hydrogens is 259 g/mol. The minimum absolute atomic E-state index is 0.0536. The molecule has 1 aliphatic rings. The van der Waals surface area contributed by atoms with Crippen molar-refractivity contribution in [2.75, 3.05) is 7.11 Å². The van der Waals surface area contributed by atoms with Crippen LogP contribution < -0.4 is 9.47 Å². The van der Waals surface area contributed by atoms with Crippen LogP contribution in [0, 0.1) is 5.82 Å². The molecule has 0 saturated heterocycles. The van der Waals surface area contributed by atoms with Crippen molar-refractivity contribution in [2.24, 2.45) is 0 Å². The fraction of sp³-hybridized carbons (Fsp3) is 0.188. The van der Waals surface area contributed by atoms with E-state index in [1.54, 1.807) is 43.5 Å². The lowest BCUT2D eigenvalue weighted by Crippen LogP contribution is -2.21. The number of methoxy groups -OCH3 is 1. The van der Waals surface area contributed by atoms with Gasteiger partial charge in [0, 0.05) is 11.6 Å². The Labute approximate surface area is 115 Å². The summed E-state index contributed by atoms with van der Waals surface area (Å²) in [4.78, 5) is 12.1. The molecule has 2 aromatic carbocycles. The molecule has 0 aliphatic carbocycles. The van der Waals surface area contributed by atoms with Gasteiger partial charge in [-0.05, 0) is 18.2 Å². The number of ketones is 1. The number of halogens is 1. The molecular formula is C16H13FO3. The maximum absolute atomic E-state index is 13.8. The van der Waals surface area contributed by atoms with Crippen LogP contribution in [0.4, 0.5) is 4.39 Å². The van der Waals surface area contributed by atoms with Crippen molar-refractivity contribution in [3.8, 4) is 11.5 Å². The molecule has 0 N–H and O–H groups in total. The Bertz CT molecular complexity index is 667. The van der Waals surface area contributed by atoms with E-state index < -0.39 is 6.10 Å². The third kappa shape index (κ3) is 2.13. The number of hydrogen-bond acceptors (Lipinski definition) is 3. The molecule has 4 heteroatoms. The lowest BCUT2D eigenvalue weighted by Gasteiger charge is -2.26. The van der Waals surface area contributed by atoms with Gasteiger partial charge in [0.15, 0.2) is 5.78 Å². The molecule has 0 amide bonds. The Kier molecular flexibility index (Phi) is 3.14. The number of Topliss-reactive ketones (excluding diaryl/α,β-unsaturated/α-hetero) is 1. The largest absolute Gasteiger partial charge is 0.497 e. The van der Waals surface area contributed by atoms with Crippen molar-refractivity contribution in [1.29, 1.82) is 0 Å². The second kappa shape index (κ2) is 4.96. The van der Waals surface area contributed by atoms with Gasteiger partial charge in [0.2, 0.25) is 0 Å². The van der Waals surface area contributed by atoms with Gasteiger partial charge in [0.25, 0.3) is 0 Å². The summed E-state index contributed by atoms with van der Waals surface area (Å²) >= 11 is 0. The standard InChI is InChI=1S/C16H13FO3/c1-19-10-6-7-12-14(18)9-16(20-15(12)8-10)11-4-2-3-5-13(11)17/h2-8,16H,9H2,1H3. The topological polar surface area (TPSA) is 35.5 Å². The van der Waals surface area contributed by atoms with Crippen LogP contribution in [0.3, 0.4) is 0 Å². The van der Waals surface area contributed by atoms with Crippen molar-refractivity contribution in [3.63, 3.8) is 0 Å². The Hall–Kier alpha value is -2.36. The molecule has 1 aliphatic heterocycles. The monoisotopic (exact) mass is 272 g/mol. The maximum Gasteiger partial charge on any atom is 0.170 e. The van der Waals surface area contributed by atoms with E-state index in [1.165, 1.54) is 6.07 Å². The van der Waals surface area contributed by atoms with E-state index >= 15 is 0 Å². The zero-order chi connectivity index (χ0) is 14.1. The number of benzene rings is 2. The third-order valence-electron chi connectivity index (χ3n) is 3.38. The van der Waals surface area contributed by atoms with Gasteiger partial charge in [-0.1, -0.05) is 18.2 Å². The Morgan fingerprint density at radius 3 is 2.80 bits per heavy atom. The van der Waals surface area contributed by atoms with Gasteiger partial charge in [-0.3, -0.25) is 4.79 Å². The van der Waals surface area contributed by atoms with Gasteiger partial charge >= 0.3 is 0 Å². The second-order valence-corrected chi connectivity index (χ2v) is 4.62. The molecule has 1 atom stereocenters. The molecule has 1 heterocycles. The van der Waals surface area contributed by atoms with E-state index in [1.807, 2.05) is 0 Å². The highest BCUT2D eigenvalue weighted by molar-refractivity contribution is 6.00. The molecule has 1 unspecified atom stereocenters. The number of ether oxygens (including phenoxy) is 2.